The number of halogens is 1. The van der Waals surface area contributed by atoms with Crippen molar-refractivity contribution < 1.29 is 9.84 Å². The van der Waals surface area contributed by atoms with Crippen LogP contribution in [0.4, 0.5) is 0 Å². The van der Waals surface area contributed by atoms with Crippen LogP contribution in [0.1, 0.15) is 19.4 Å². The van der Waals surface area contributed by atoms with Crippen molar-refractivity contribution in [1.29, 1.82) is 0 Å². The van der Waals surface area contributed by atoms with E-state index in [0.29, 0.717) is 22.2 Å². The Kier molecular flexibility index (Phi) is 6.79. The number of rotatable bonds is 7. The molecule has 0 saturated carbocycles. The molecule has 1 aromatic carbocycles. The Morgan fingerprint density at radius 2 is 2.00 bits per heavy atom. The number of methoxy groups -OCH3 is 1. The Morgan fingerprint density at radius 3 is 2.50 bits per heavy atom. The van der Waals surface area contributed by atoms with E-state index in [1.54, 1.807) is 7.11 Å². The quantitative estimate of drug-likeness (QED) is 0.798. The van der Waals surface area contributed by atoms with E-state index < -0.39 is 0 Å². The molecule has 0 spiro atoms. The average Bonchev–Trinajstić information content (AvgIpc) is 2.37. The van der Waals surface area contributed by atoms with Crippen LogP contribution in [0.25, 0.3) is 0 Å². The number of benzene rings is 1. The highest BCUT2D eigenvalue weighted by Crippen LogP contribution is 2.35. The Labute approximate surface area is 130 Å². The molecule has 1 rings (SSSR count). The summed E-state index contributed by atoms with van der Waals surface area (Å²) in [6.07, 6.45) is 0. The SMILES string of the molecule is COc1cc(CNC(CN(C)C)C(C)C)cc(Br)c1O. The first-order chi connectivity index (χ1) is 9.35. The summed E-state index contributed by atoms with van der Waals surface area (Å²) in [6.45, 7) is 6.17. The summed E-state index contributed by atoms with van der Waals surface area (Å²) < 4.78 is 5.82. The first-order valence-electron chi connectivity index (χ1n) is 6.78. The lowest BCUT2D eigenvalue weighted by Crippen LogP contribution is -2.41. The van der Waals surface area contributed by atoms with Gasteiger partial charge in [-0.3, -0.25) is 0 Å². The van der Waals surface area contributed by atoms with Crippen molar-refractivity contribution in [3.8, 4) is 11.5 Å². The van der Waals surface area contributed by atoms with Crippen molar-refractivity contribution in [1.82, 2.24) is 10.2 Å². The van der Waals surface area contributed by atoms with Crippen LogP contribution in [-0.4, -0.2) is 43.8 Å². The van der Waals surface area contributed by atoms with Crippen molar-refractivity contribution in [2.24, 2.45) is 5.92 Å². The van der Waals surface area contributed by atoms with Gasteiger partial charge < -0.3 is 20.1 Å². The minimum atomic E-state index is 0.143. The van der Waals surface area contributed by atoms with E-state index in [1.807, 2.05) is 12.1 Å². The average molecular weight is 345 g/mol. The van der Waals surface area contributed by atoms with Crippen LogP contribution >= 0.6 is 15.9 Å². The standard InChI is InChI=1S/C15H25BrN2O2/c1-10(2)13(9-18(3)4)17-8-11-6-12(16)15(19)14(7-11)20-5/h6-7,10,13,17,19H,8-9H2,1-5H3. The molecule has 0 bridgehead atoms. The second-order valence-corrected chi connectivity index (χ2v) is 6.48. The summed E-state index contributed by atoms with van der Waals surface area (Å²) in [5, 5.41) is 13.4. The summed E-state index contributed by atoms with van der Waals surface area (Å²) in [4.78, 5) is 2.19. The van der Waals surface area contributed by atoms with Crippen molar-refractivity contribution in [3.05, 3.63) is 22.2 Å². The van der Waals surface area contributed by atoms with Crippen molar-refractivity contribution >= 4 is 15.9 Å². The van der Waals surface area contributed by atoms with E-state index in [4.69, 9.17) is 4.74 Å². The number of nitrogens with one attached hydrogen (secondary N) is 1. The van der Waals surface area contributed by atoms with Gasteiger partial charge in [-0.15, -0.1) is 0 Å². The molecule has 0 heterocycles. The second-order valence-electron chi connectivity index (χ2n) is 5.62. The van der Waals surface area contributed by atoms with Crippen molar-refractivity contribution in [2.45, 2.75) is 26.4 Å². The third kappa shape index (κ3) is 4.96. The molecule has 1 aromatic rings. The van der Waals surface area contributed by atoms with Gasteiger partial charge in [-0.1, -0.05) is 13.8 Å². The van der Waals surface area contributed by atoms with E-state index in [-0.39, 0.29) is 5.75 Å². The predicted octanol–water partition coefficient (Wildman–Crippen LogP) is 2.84. The first-order valence-corrected chi connectivity index (χ1v) is 7.58. The molecule has 0 aliphatic heterocycles. The minimum Gasteiger partial charge on any atom is -0.503 e. The lowest BCUT2D eigenvalue weighted by atomic mass is 10.0. The fourth-order valence-corrected chi connectivity index (χ4v) is 2.53. The summed E-state index contributed by atoms with van der Waals surface area (Å²) in [5.41, 5.74) is 1.08. The molecule has 114 valence electrons. The molecule has 1 unspecified atom stereocenters. The van der Waals surface area contributed by atoms with Gasteiger partial charge in [0.2, 0.25) is 0 Å². The molecule has 1 atom stereocenters. The Hall–Kier alpha value is -0.780. The normalized spacial score (nSPS) is 13.0. The number of likely N-dealkylation sites (N-methyl/N-ethyl adjacent to an activating group) is 1. The molecular weight excluding hydrogens is 320 g/mol. The summed E-state index contributed by atoms with van der Waals surface area (Å²) in [5.74, 6) is 1.19. The molecule has 4 nitrogen and oxygen atoms in total. The molecule has 0 saturated heterocycles. The molecule has 5 heteroatoms. The van der Waals surface area contributed by atoms with Crippen LogP contribution in [-0.2, 0) is 6.54 Å². The summed E-state index contributed by atoms with van der Waals surface area (Å²) in [7, 11) is 5.72. The zero-order valence-electron chi connectivity index (χ0n) is 12.9. The van der Waals surface area contributed by atoms with Gasteiger partial charge in [-0.05, 0) is 53.6 Å². The van der Waals surface area contributed by atoms with Crippen LogP contribution in [0.2, 0.25) is 0 Å². The summed E-state index contributed by atoms with van der Waals surface area (Å²) >= 11 is 3.35. The molecular formula is C15H25BrN2O2. The van der Waals surface area contributed by atoms with Gasteiger partial charge >= 0.3 is 0 Å². The van der Waals surface area contributed by atoms with Crippen LogP contribution in [0.15, 0.2) is 16.6 Å². The Bertz CT molecular complexity index is 436. The van der Waals surface area contributed by atoms with Crippen molar-refractivity contribution in [2.75, 3.05) is 27.7 Å². The van der Waals surface area contributed by atoms with Gasteiger partial charge in [0.05, 0.1) is 11.6 Å². The second kappa shape index (κ2) is 7.86. The number of aromatic hydroxyl groups is 1. The first kappa shape index (κ1) is 17.3. The molecule has 0 fully saturated rings. The van der Waals surface area contributed by atoms with Gasteiger partial charge in [0.15, 0.2) is 11.5 Å². The lowest BCUT2D eigenvalue weighted by Gasteiger charge is -2.26. The smallest absolute Gasteiger partial charge is 0.172 e. The Morgan fingerprint density at radius 1 is 1.35 bits per heavy atom. The van der Waals surface area contributed by atoms with E-state index in [0.717, 1.165) is 18.7 Å². The molecule has 0 aromatic heterocycles. The van der Waals surface area contributed by atoms with Gasteiger partial charge in [-0.2, -0.15) is 0 Å². The monoisotopic (exact) mass is 344 g/mol. The highest BCUT2D eigenvalue weighted by atomic mass is 79.9. The van der Waals surface area contributed by atoms with Gasteiger partial charge in [-0.25, -0.2) is 0 Å². The number of phenolic OH excluding ortho intramolecular Hbond substituents is 1. The molecule has 0 aliphatic carbocycles. The van der Waals surface area contributed by atoms with Crippen molar-refractivity contribution in [3.63, 3.8) is 0 Å². The number of hydrogen-bond acceptors (Lipinski definition) is 4. The molecule has 0 amide bonds. The maximum atomic E-state index is 9.81. The van der Waals surface area contributed by atoms with Crippen LogP contribution in [0, 0.1) is 5.92 Å². The zero-order valence-corrected chi connectivity index (χ0v) is 14.5. The highest BCUT2D eigenvalue weighted by molar-refractivity contribution is 9.10. The Balaban J connectivity index is 2.75. The maximum Gasteiger partial charge on any atom is 0.172 e. The minimum absolute atomic E-state index is 0.143. The molecule has 0 aliphatic rings. The van der Waals surface area contributed by atoms with E-state index in [2.05, 4.69) is 54.1 Å². The van der Waals surface area contributed by atoms with Gasteiger partial charge in [0, 0.05) is 19.1 Å². The fraction of sp³-hybridized carbons (Fsp3) is 0.600. The van der Waals surface area contributed by atoms with E-state index in [9.17, 15) is 5.11 Å². The van der Waals surface area contributed by atoms with Gasteiger partial charge in [0.25, 0.3) is 0 Å². The van der Waals surface area contributed by atoms with E-state index >= 15 is 0 Å². The number of ether oxygens (including phenoxy) is 1. The largest absolute Gasteiger partial charge is 0.503 e. The molecule has 0 radical (unpaired) electrons. The number of hydrogen-bond donors (Lipinski definition) is 2. The zero-order chi connectivity index (χ0) is 15.3. The molecule has 2 N–H and O–H groups in total. The summed E-state index contributed by atoms with van der Waals surface area (Å²) in [6, 6.07) is 4.20. The van der Waals surface area contributed by atoms with E-state index in [1.165, 1.54) is 0 Å². The number of phenols is 1. The lowest BCUT2D eigenvalue weighted by molar-refractivity contribution is 0.288. The van der Waals surface area contributed by atoms with Crippen LogP contribution < -0.4 is 10.1 Å². The molecule has 20 heavy (non-hydrogen) atoms. The third-order valence-electron chi connectivity index (χ3n) is 3.24. The number of nitrogens with zero attached hydrogens (tertiary/aromatic N) is 1. The third-order valence-corrected chi connectivity index (χ3v) is 3.85. The van der Waals surface area contributed by atoms with Crippen LogP contribution in [0.3, 0.4) is 0 Å². The predicted molar refractivity (Wildman–Crippen MR) is 86.4 cm³/mol. The fourth-order valence-electron chi connectivity index (χ4n) is 2.04. The maximum absolute atomic E-state index is 9.81. The van der Waals surface area contributed by atoms with Crippen LogP contribution in [0.5, 0.6) is 11.5 Å². The topological polar surface area (TPSA) is 44.7 Å². The van der Waals surface area contributed by atoms with Gasteiger partial charge in [0.1, 0.15) is 0 Å². The highest BCUT2D eigenvalue weighted by Gasteiger charge is 2.15.